The molecule has 2 amide bonds. The average Bonchev–Trinajstić information content (AvgIpc) is 2.61. The number of carboxylic acid groups (broad SMARTS) is 1. The zero-order valence-electron chi connectivity index (χ0n) is 14.2. The smallest absolute Gasteiger partial charge is 0.317 e. The largest absolute Gasteiger partial charge is 0.481 e. The van der Waals surface area contributed by atoms with E-state index in [9.17, 15) is 18.0 Å². The van der Waals surface area contributed by atoms with E-state index >= 15 is 0 Å². The van der Waals surface area contributed by atoms with Crippen LogP contribution in [-0.2, 0) is 14.8 Å². The number of aliphatic carboxylic acids is 1. The van der Waals surface area contributed by atoms with Gasteiger partial charge in [0.05, 0.1) is 16.9 Å². The first-order chi connectivity index (χ1) is 11.7. The van der Waals surface area contributed by atoms with Gasteiger partial charge in [0, 0.05) is 13.1 Å². The number of rotatable bonds is 5. The van der Waals surface area contributed by atoms with Gasteiger partial charge in [-0.25, -0.2) is 17.9 Å². The van der Waals surface area contributed by atoms with Crippen molar-refractivity contribution in [2.45, 2.75) is 30.7 Å². The Morgan fingerprint density at radius 2 is 2.08 bits per heavy atom. The van der Waals surface area contributed by atoms with E-state index in [0.29, 0.717) is 24.9 Å². The molecule has 1 aromatic rings. The summed E-state index contributed by atoms with van der Waals surface area (Å²) < 4.78 is 26.0. The minimum atomic E-state index is -3.56. The predicted molar refractivity (Wildman–Crippen MR) is 91.6 cm³/mol. The number of amides is 2. The van der Waals surface area contributed by atoms with Gasteiger partial charge in [-0.1, -0.05) is 12.1 Å². The van der Waals surface area contributed by atoms with Gasteiger partial charge in [0.15, 0.2) is 0 Å². The number of urea groups is 1. The second kappa shape index (κ2) is 7.83. The van der Waals surface area contributed by atoms with Gasteiger partial charge in [-0.3, -0.25) is 4.79 Å². The van der Waals surface area contributed by atoms with Crippen molar-refractivity contribution in [2.75, 3.05) is 20.1 Å². The van der Waals surface area contributed by atoms with E-state index in [1.165, 1.54) is 24.1 Å². The number of likely N-dealkylation sites (tertiary alicyclic amines) is 1. The summed E-state index contributed by atoms with van der Waals surface area (Å²) in [5, 5.41) is 11.9. The summed E-state index contributed by atoms with van der Waals surface area (Å²) in [7, 11) is -2.22. The van der Waals surface area contributed by atoms with Crippen LogP contribution in [-0.4, -0.2) is 50.6 Å². The Labute approximate surface area is 147 Å². The molecule has 138 valence electrons. The van der Waals surface area contributed by atoms with Crippen LogP contribution >= 0.6 is 0 Å². The van der Waals surface area contributed by atoms with Crippen LogP contribution in [0.2, 0.25) is 0 Å². The number of carbonyl (C=O) groups excluding carboxylic acids is 1. The monoisotopic (exact) mass is 369 g/mol. The lowest BCUT2D eigenvalue weighted by molar-refractivity contribution is -0.143. The van der Waals surface area contributed by atoms with Crippen LogP contribution in [0.25, 0.3) is 0 Å². The number of carbonyl (C=O) groups is 2. The van der Waals surface area contributed by atoms with Gasteiger partial charge in [-0.15, -0.1) is 0 Å². The lowest BCUT2D eigenvalue weighted by atomic mass is 9.98. The van der Waals surface area contributed by atoms with Crippen molar-refractivity contribution >= 4 is 22.0 Å². The molecule has 1 aromatic carbocycles. The number of nitrogens with zero attached hydrogens (tertiary/aromatic N) is 1. The van der Waals surface area contributed by atoms with Gasteiger partial charge < -0.3 is 15.3 Å². The van der Waals surface area contributed by atoms with Crippen LogP contribution in [0.15, 0.2) is 29.2 Å². The maximum absolute atomic E-state index is 12.4. The number of sulfonamides is 1. The van der Waals surface area contributed by atoms with Crippen LogP contribution in [0.3, 0.4) is 0 Å². The molecule has 1 fully saturated rings. The molecule has 0 radical (unpaired) electrons. The van der Waals surface area contributed by atoms with Crippen molar-refractivity contribution in [3.05, 3.63) is 29.8 Å². The lowest BCUT2D eigenvalue weighted by Crippen LogP contribution is -2.47. The van der Waals surface area contributed by atoms with E-state index in [0.717, 1.165) is 0 Å². The maximum atomic E-state index is 12.4. The van der Waals surface area contributed by atoms with Gasteiger partial charge in [0.2, 0.25) is 10.0 Å². The fraction of sp³-hybridized carbons (Fsp3) is 0.500. The van der Waals surface area contributed by atoms with Crippen LogP contribution in [0, 0.1) is 5.92 Å². The van der Waals surface area contributed by atoms with Gasteiger partial charge in [0.1, 0.15) is 0 Å². The summed E-state index contributed by atoms with van der Waals surface area (Å²) in [5.41, 5.74) is 0.650. The fourth-order valence-electron chi connectivity index (χ4n) is 2.79. The number of hydrogen-bond donors (Lipinski definition) is 3. The third kappa shape index (κ3) is 4.70. The first-order valence-corrected chi connectivity index (χ1v) is 9.54. The SMILES string of the molecule is CNS(=O)(=O)c1cccc(C(C)NC(=O)N2CCCC(C(=O)O)C2)c1. The summed E-state index contributed by atoms with van der Waals surface area (Å²) in [6.07, 6.45) is 1.22. The van der Waals surface area contributed by atoms with Crippen LogP contribution in [0.5, 0.6) is 0 Å². The Bertz CT molecular complexity index is 750. The van der Waals surface area contributed by atoms with Gasteiger partial charge >= 0.3 is 12.0 Å². The molecule has 0 saturated carbocycles. The van der Waals surface area contributed by atoms with E-state index in [2.05, 4.69) is 10.0 Å². The van der Waals surface area contributed by atoms with Crippen molar-refractivity contribution in [1.29, 1.82) is 0 Å². The number of benzene rings is 1. The van der Waals surface area contributed by atoms with Gasteiger partial charge in [-0.05, 0) is 44.5 Å². The highest BCUT2D eigenvalue weighted by Gasteiger charge is 2.28. The molecule has 1 saturated heterocycles. The third-order valence-corrected chi connectivity index (χ3v) is 5.75. The Kier molecular flexibility index (Phi) is 6.02. The molecule has 0 aromatic heterocycles. The first kappa shape index (κ1) is 19.2. The highest BCUT2D eigenvalue weighted by molar-refractivity contribution is 7.89. The molecule has 0 spiro atoms. The molecule has 1 heterocycles. The zero-order chi connectivity index (χ0) is 18.6. The molecule has 0 bridgehead atoms. The molecule has 8 nitrogen and oxygen atoms in total. The minimum absolute atomic E-state index is 0.123. The topological polar surface area (TPSA) is 116 Å². The minimum Gasteiger partial charge on any atom is -0.481 e. The molecule has 2 unspecified atom stereocenters. The Balaban J connectivity index is 2.06. The van der Waals surface area contributed by atoms with Crippen molar-refractivity contribution in [3.8, 4) is 0 Å². The summed E-state index contributed by atoms with van der Waals surface area (Å²) in [6.45, 7) is 2.44. The molecule has 0 aliphatic carbocycles. The molecule has 3 N–H and O–H groups in total. The normalized spacial score (nSPS) is 19.3. The Hall–Kier alpha value is -2.13. The lowest BCUT2D eigenvalue weighted by Gasteiger charge is -2.31. The number of nitrogens with one attached hydrogen (secondary N) is 2. The van der Waals surface area contributed by atoms with E-state index in [4.69, 9.17) is 5.11 Å². The summed E-state index contributed by atoms with van der Waals surface area (Å²) in [4.78, 5) is 25.1. The van der Waals surface area contributed by atoms with Gasteiger partial charge in [-0.2, -0.15) is 0 Å². The van der Waals surface area contributed by atoms with Crippen LogP contribution in [0.4, 0.5) is 4.79 Å². The van der Waals surface area contributed by atoms with Crippen molar-refractivity contribution < 1.29 is 23.1 Å². The molecule has 9 heteroatoms. The number of hydrogen-bond acceptors (Lipinski definition) is 4. The molecule has 2 rings (SSSR count). The third-order valence-electron chi connectivity index (χ3n) is 4.33. The Morgan fingerprint density at radius 1 is 1.36 bits per heavy atom. The summed E-state index contributed by atoms with van der Waals surface area (Å²) >= 11 is 0. The molecular formula is C16H23N3O5S. The van der Waals surface area contributed by atoms with E-state index in [1.54, 1.807) is 19.1 Å². The quantitative estimate of drug-likeness (QED) is 0.720. The number of piperidine rings is 1. The average molecular weight is 369 g/mol. The standard InChI is InChI=1S/C16H23N3O5S/c1-11(12-5-3-7-14(9-12)25(23,24)17-2)18-16(22)19-8-4-6-13(10-19)15(20)21/h3,5,7,9,11,13,17H,4,6,8,10H2,1-2H3,(H,18,22)(H,20,21). The van der Waals surface area contributed by atoms with Crippen molar-refractivity contribution in [3.63, 3.8) is 0 Å². The Morgan fingerprint density at radius 3 is 2.72 bits per heavy atom. The van der Waals surface area contributed by atoms with E-state index in [-0.39, 0.29) is 17.5 Å². The molecule has 1 aliphatic rings. The van der Waals surface area contributed by atoms with Crippen LogP contribution < -0.4 is 10.0 Å². The maximum Gasteiger partial charge on any atom is 0.317 e. The second-order valence-corrected chi connectivity index (χ2v) is 7.96. The fourth-order valence-corrected chi connectivity index (χ4v) is 3.58. The summed E-state index contributed by atoms with van der Waals surface area (Å²) in [6, 6.07) is 5.57. The zero-order valence-corrected chi connectivity index (χ0v) is 15.0. The van der Waals surface area contributed by atoms with E-state index in [1.807, 2.05) is 0 Å². The van der Waals surface area contributed by atoms with Crippen LogP contribution in [0.1, 0.15) is 31.4 Å². The molecule has 2 atom stereocenters. The van der Waals surface area contributed by atoms with Crippen molar-refractivity contribution in [2.24, 2.45) is 5.92 Å². The highest BCUT2D eigenvalue weighted by atomic mass is 32.2. The molecule has 1 aliphatic heterocycles. The number of carboxylic acids is 1. The van der Waals surface area contributed by atoms with E-state index < -0.39 is 28.0 Å². The summed E-state index contributed by atoms with van der Waals surface area (Å²) in [5.74, 6) is -1.44. The predicted octanol–water partition coefficient (Wildman–Crippen LogP) is 1.16. The second-order valence-electron chi connectivity index (χ2n) is 6.07. The highest BCUT2D eigenvalue weighted by Crippen LogP contribution is 2.20. The van der Waals surface area contributed by atoms with Gasteiger partial charge in [0.25, 0.3) is 0 Å². The van der Waals surface area contributed by atoms with Crippen molar-refractivity contribution in [1.82, 2.24) is 14.9 Å². The first-order valence-electron chi connectivity index (χ1n) is 8.06. The molecule has 25 heavy (non-hydrogen) atoms. The molecular weight excluding hydrogens is 346 g/mol.